The zero-order valence-electron chi connectivity index (χ0n) is 8.74. The molecule has 0 saturated carbocycles. The Morgan fingerprint density at radius 3 is 2.71 bits per heavy atom. The second-order valence-electron chi connectivity index (χ2n) is 3.44. The van der Waals surface area contributed by atoms with E-state index in [0.29, 0.717) is 5.70 Å². The molecule has 0 bridgehead atoms. The highest BCUT2D eigenvalue weighted by atomic mass is 16.1. The average Bonchev–Trinajstić information content (AvgIpc) is 2.28. The number of aryl methyl sites for hydroxylation is 2. The van der Waals surface area contributed by atoms with Gasteiger partial charge >= 0.3 is 0 Å². The first-order chi connectivity index (χ1) is 6.49. The molecule has 0 aliphatic heterocycles. The maximum atomic E-state index is 11.4. The second-order valence-corrected chi connectivity index (χ2v) is 3.44. The van der Waals surface area contributed by atoms with Gasteiger partial charge in [-0.15, -0.1) is 0 Å². The third-order valence-electron chi connectivity index (χ3n) is 1.80. The summed E-state index contributed by atoms with van der Waals surface area (Å²) in [7, 11) is 0. The van der Waals surface area contributed by atoms with Crippen LogP contribution in [0.25, 0.3) is 0 Å². The third-order valence-corrected chi connectivity index (χ3v) is 1.80. The van der Waals surface area contributed by atoms with Gasteiger partial charge in [-0.1, -0.05) is 0 Å². The minimum atomic E-state index is -0.0313. The van der Waals surface area contributed by atoms with E-state index in [1.165, 1.54) is 6.08 Å². The van der Waals surface area contributed by atoms with Crippen LogP contribution in [0.15, 0.2) is 17.8 Å². The fraction of sp³-hybridized carbons (Fsp3) is 0.400. The molecule has 0 saturated heterocycles. The van der Waals surface area contributed by atoms with Gasteiger partial charge in [0.25, 0.3) is 0 Å². The summed E-state index contributed by atoms with van der Waals surface area (Å²) < 4.78 is 1.68. The van der Waals surface area contributed by atoms with Gasteiger partial charge in [-0.3, -0.25) is 9.48 Å². The third kappa shape index (κ3) is 2.73. The van der Waals surface area contributed by atoms with Gasteiger partial charge in [0.1, 0.15) is 6.54 Å². The number of carbonyl (C=O) groups is 1. The van der Waals surface area contributed by atoms with Crippen molar-refractivity contribution in [2.24, 2.45) is 5.73 Å². The molecule has 1 heterocycles. The van der Waals surface area contributed by atoms with Crippen molar-refractivity contribution in [3.8, 4) is 0 Å². The van der Waals surface area contributed by atoms with Crippen molar-refractivity contribution in [1.82, 2.24) is 9.78 Å². The largest absolute Gasteiger partial charge is 0.402 e. The highest BCUT2D eigenvalue weighted by molar-refractivity contribution is 5.89. The Kier molecular flexibility index (Phi) is 3.06. The second kappa shape index (κ2) is 4.09. The van der Waals surface area contributed by atoms with Gasteiger partial charge in [0.15, 0.2) is 5.78 Å². The summed E-state index contributed by atoms with van der Waals surface area (Å²) in [4.78, 5) is 11.4. The highest BCUT2D eigenvalue weighted by Gasteiger charge is 2.04. The van der Waals surface area contributed by atoms with Crippen LogP contribution in [0.5, 0.6) is 0 Å². The molecular formula is C10H15N3O. The van der Waals surface area contributed by atoms with Crippen molar-refractivity contribution in [2.45, 2.75) is 27.3 Å². The minimum absolute atomic E-state index is 0.0313. The van der Waals surface area contributed by atoms with E-state index in [1.54, 1.807) is 11.6 Å². The van der Waals surface area contributed by atoms with Gasteiger partial charge in [0.2, 0.25) is 0 Å². The molecule has 0 amide bonds. The Hall–Kier alpha value is -1.58. The quantitative estimate of drug-likeness (QED) is 0.726. The highest BCUT2D eigenvalue weighted by Crippen LogP contribution is 2.01. The first-order valence-corrected chi connectivity index (χ1v) is 4.46. The molecule has 0 unspecified atom stereocenters. The lowest BCUT2D eigenvalue weighted by atomic mass is 10.3. The molecule has 1 rings (SSSR count). The Bertz CT molecular complexity index is 373. The summed E-state index contributed by atoms with van der Waals surface area (Å²) in [6.45, 7) is 5.78. The number of nitrogens with two attached hydrogens (primary N) is 1. The van der Waals surface area contributed by atoms with Gasteiger partial charge in [0.05, 0.1) is 5.69 Å². The van der Waals surface area contributed by atoms with Crippen LogP contribution in [0.4, 0.5) is 0 Å². The number of ketones is 1. The predicted octanol–water partition coefficient (Wildman–Crippen LogP) is 0.932. The number of hydrogen-bond acceptors (Lipinski definition) is 3. The van der Waals surface area contributed by atoms with E-state index in [1.807, 2.05) is 19.9 Å². The lowest BCUT2D eigenvalue weighted by Crippen LogP contribution is -2.12. The van der Waals surface area contributed by atoms with Crippen molar-refractivity contribution in [2.75, 3.05) is 0 Å². The lowest BCUT2D eigenvalue weighted by molar-refractivity contribution is -0.115. The molecule has 1 aromatic heterocycles. The van der Waals surface area contributed by atoms with Crippen molar-refractivity contribution in [3.63, 3.8) is 0 Å². The molecule has 0 radical (unpaired) electrons. The van der Waals surface area contributed by atoms with E-state index in [2.05, 4.69) is 5.10 Å². The number of hydrogen-bond donors (Lipinski definition) is 1. The summed E-state index contributed by atoms with van der Waals surface area (Å²) >= 11 is 0. The van der Waals surface area contributed by atoms with Crippen molar-refractivity contribution >= 4 is 5.78 Å². The predicted molar refractivity (Wildman–Crippen MR) is 54.7 cm³/mol. The first kappa shape index (κ1) is 10.5. The van der Waals surface area contributed by atoms with Crippen LogP contribution in [0, 0.1) is 13.8 Å². The number of aromatic nitrogens is 2. The molecule has 0 atom stereocenters. The Morgan fingerprint density at radius 2 is 2.29 bits per heavy atom. The average molecular weight is 193 g/mol. The standard InChI is InChI=1S/C10H15N3O/c1-7(11)4-10(14)6-13-9(3)5-8(2)12-13/h4-5H,6,11H2,1-3H3/b7-4-. The van der Waals surface area contributed by atoms with Crippen molar-refractivity contribution < 1.29 is 4.79 Å². The van der Waals surface area contributed by atoms with Gasteiger partial charge in [-0.05, 0) is 26.8 Å². The van der Waals surface area contributed by atoms with Crippen LogP contribution in [-0.4, -0.2) is 15.6 Å². The Labute approximate surface area is 83.4 Å². The zero-order valence-corrected chi connectivity index (χ0v) is 8.74. The molecule has 0 spiro atoms. The molecule has 2 N–H and O–H groups in total. The minimum Gasteiger partial charge on any atom is -0.402 e. The van der Waals surface area contributed by atoms with Gasteiger partial charge in [-0.2, -0.15) is 5.10 Å². The maximum absolute atomic E-state index is 11.4. The van der Waals surface area contributed by atoms with Crippen LogP contribution in [0.2, 0.25) is 0 Å². The van der Waals surface area contributed by atoms with Crippen LogP contribution < -0.4 is 5.73 Å². The van der Waals surface area contributed by atoms with E-state index in [-0.39, 0.29) is 12.3 Å². The zero-order chi connectivity index (χ0) is 10.7. The molecule has 0 fully saturated rings. The molecular weight excluding hydrogens is 178 g/mol. The Morgan fingerprint density at radius 1 is 1.64 bits per heavy atom. The number of allylic oxidation sites excluding steroid dienone is 2. The SMILES string of the molecule is C/C(N)=C/C(=O)Cn1nc(C)cc1C. The number of rotatable bonds is 3. The van der Waals surface area contributed by atoms with E-state index in [0.717, 1.165) is 11.4 Å². The molecule has 76 valence electrons. The maximum Gasteiger partial charge on any atom is 0.178 e. The number of carbonyl (C=O) groups excluding carboxylic acids is 1. The summed E-state index contributed by atoms with van der Waals surface area (Å²) in [6, 6.07) is 1.94. The van der Waals surface area contributed by atoms with Gasteiger partial charge < -0.3 is 5.73 Å². The molecule has 0 aliphatic carbocycles. The van der Waals surface area contributed by atoms with Gasteiger partial charge in [0, 0.05) is 17.5 Å². The molecule has 0 aliphatic rings. The topological polar surface area (TPSA) is 60.9 Å². The molecule has 1 aromatic rings. The molecule has 4 nitrogen and oxygen atoms in total. The van der Waals surface area contributed by atoms with Crippen LogP contribution in [0.3, 0.4) is 0 Å². The number of nitrogens with zero attached hydrogens (tertiary/aromatic N) is 2. The van der Waals surface area contributed by atoms with Crippen LogP contribution in [-0.2, 0) is 11.3 Å². The van der Waals surface area contributed by atoms with Crippen molar-refractivity contribution in [1.29, 1.82) is 0 Å². The fourth-order valence-corrected chi connectivity index (χ4v) is 1.28. The van der Waals surface area contributed by atoms with Gasteiger partial charge in [-0.25, -0.2) is 0 Å². The van der Waals surface area contributed by atoms with E-state index < -0.39 is 0 Å². The molecule has 4 heteroatoms. The van der Waals surface area contributed by atoms with E-state index >= 15 is 0 Å². The summed E-state index contributed by atoms with van der Waals surface area (Å²) in [6.07, 6.45) is 1.43. The lowest BCUT2D eigenvalue weighted by Gasteiger charge is -2.00. The molecule has 0 aromatic carbocycles. The monoisotopic (exact) mass is 193 g/mol. The normalized spacial score (nSPS) is 11.8. The summed E-state index contributed by atoms with van der Waals surface area (Å²) in [5.74, 6) is -0.0313. The summed E-state index contributed by atoms with van der Waals surface area (Å²) in [5, 5.41) is 4.18. The molecule has 14 heavy (non-hydrogen) atoms. The Balaban J connectivity index is 2.74. The van der Waals surface area contributed by atoms with Crippen LogP contribution in [0.1, 0.15) is 18.3 Å². The van der Waals surface area contributed by atoms with Crippen LogP contribution >= 0.6 is 0 Å². The van der Waals surface area contributed by atoms with E-state index in [9.17, 15) is 4.79 Å². The van der Waals surface area contributed by atoms with Crippen molar-refractivity contribution in [3.05, 3.63) is 29.2 Å². The fourth-order valence-electron chi connectivity index (χ4n) is 1.28. The van der Waals surface area contributed by atoms with E-state index in [4.69, 9.17) is 5.73 Å². The first-order valence-electron chi connectivity index (χ1n) is 4.46. The smallest absolute Gasteiger partial charge is 0.178 e. The summed E-state index contributed by atoms with van der Waals surface area (Å²) in [5.41, 5.74) is 7.83.